The van der Waals surface area contributed by atoms with Gasteiger partial charge in [-0.05, 0) is 24.3 Å². The molecular weight excluding hydrogens is 415 g/mol. The summed E-state index contributed by atoms with van der Waals surface area (Å²) in [6.45, 7) is -1.07. The zero-order valence-corrected chi connectivity index (χ0v) is 14.9. The van der Waals surface area contributed by atoms with E-state index in [1.165, 1.54) is 35.3 Å². The predicted molar refractivity (Wildman–Crippen MR) is 93.4 cm³/mol. The summed E-state index contributed by atoms with van der Waals surface area (Å²) in [4.78, 5) is 14.5. The SMILES string of the molecule is O=C(O)NCC(F)(F)c1ccc(-c2ncn(-c3ccc(OC(F)(F)F)cc3)n2)cc1. The first-order valence-electron chi connectivity index (χ1n) is 8.27. The molecule has 0 radical (unpaired) electrons. The van der Waals surface area contributed by atoms with E-state index < -0.39 is 24.9 Å². The first-order valence-corrected chi connectivity index (χ1v) is 8.27. The van der Waals surface area contributed by atoms with Gasteiger partial charge in [0.05, 0.1) is 12.2 Å². The molecule has 0 fully saturated rings. The lowest BCUT2D eigenvalue weighted by molar-refractivity contribution is -0.274. The van der Waals surface area contributed by atoms with E-state index in [2.05, 4.69) is 14.8 Å². The first kappa shape index (κ1) is 21.0. The number of rotatable bonds is 6. The van der Waals surface area contributed by atoms with Crippen molar-refractivity contribution in [3.05, 3.63) is 60.4 Å². The van der Waals surface area contributed by atoms with Gasteiger partial charge in [0.2, 0.25) is 0 Å². The molecule has 0 spiro atoms. The number of nitrogens with one attached hydrogen (secondary N) is 1. The zero-order valence-electron chi connectivity index (χ0n) is 14.9. The molecule has 0 atom stereocenters. The van der Waals surface area contributed by atoms with E-state index in [0.29, 0.717) is 11.3 Å². The minimum atomic E-state index is -4.80. The lowest BCUT2D eigenvalue weighted by atomic mass is 10.1. The van der Waals surface area contributed by atoms with Gasteiger partial charge in [0.25, 0.3) is 5.92 Å². The highest BCUT2D eigenvalue weighted by Crippen LogP contribution is 2.29. The number of nitrogens with zero attached hydrogens (tertiary/aromatic N) is 3. The second kappa shape index (κ2) is 7.97. The van der Waals surface area contributed by atoms with Crippen LogP contribution in [0.1, 0.15) is 5.56 Å². The summed E-state index contributed by atoms with van der Waals surface area (Å²) in [7, 11) is 0. The smallest absolute Gasteiger partial charge is 0.465 e. The minimum absolute atomic E-state index is 0.198. The molecule has 0 aliphatic heterocycles. The van der Waals surface area contributed by atoms with Crippen molar-refractivity contribution in [2.75, 3.05) is 6.54 Å². The average molecular weight is 428 g/mol. The molecule has 3 rings (SSSR count). The van der Waals surface area contributed by atoms with Crippen LogP contribution < -0.4 is 10.1 Å². The molecule has 3 aromatic rings. The van der Waals surface area contributed by atoms with Gasteiger partial charge in [-0.15, -0.1) is 18.3 Å². The van der Waals surface area contributed by atoms with Crippen molar-refractivity contribution in [2.24, 2.45) is 0 Å². The largest absolute Gasteiger partial charge is 0.573 e. The van der Waals surface area contributed by atoms with Crippen LogP contribution >= 0.6 is 0 Å². The third kappa shape index (κ3) is 5.21. The van der Waals surface area contributed by atoms with Gasteiger partial charge in [-0.2, -0.15) is 8.78 Å². The van der Waals surface area contributed by atoms with Crippen molar-refractivity contribution in [1.29, 1.82) is 0 Å². The predicted octanol–water partition coefficient (Wildman–Crippen LogP) is 4.19. The number of benzene rings is 2. The van der Waals surface area contributed by atoms with Crippen LogP contribution in [0, 0.1) is 0 Å². The van der Waals surface area contributed by atoms with Crippen molar-refractivity contribution >= 4 is 6.09 Å². The molecule has 0 aliphatic rings. The quantitative estimate of drug-likeness (QED) is 0.575. The van der Waals surface area contributed by atoms with E-state index >= 15 is 0 Å². The fourth-order valence-electron chi connectivity index (χ4n) is 2.47. The summed E-state index contributed by atoms with van der Waals surface area (Å²) < 4.78 is 69.7. The number of halogens is 5. The summed E-state index contributed by atoms with van der Waals surface area (Å²) in [5.41, 5.74) is 0.433. The Morgan fingerprint density at radius 2 is 1.67 bits per heavy atom. The van der Waals surface area contributed by atoms with E-state index in [9.17, 15) is 26.7 Å². The van der Waals surface area contributed by atoms with Crippen LogP contribution in [-0.4, -0.2) is 38.9 Å². The first-order chi connectivity index (χ1) is 14.0. The Hall–Kier alpha value is -3.70. The Labute approximate surface area is 165 Å². The third-order valence-corrected chi connectivity index (χ3v) is 3.85. The van der Waals surface area contributed by atoms with Crippen molar-refractivity contribution < 1.29 is 36.6 Å². The van der Waals surface area contributed by atoms with Gasteiger partial charge >= 0.3 is 12.5 Å². The van der Waals surface area contributed by atoms with E-state index in [1.54, 1.807) is 5.32 Å². The fourth-order valence-corrected chi connectivity index (χ4v) is 2.47. The topological polar surface area (TPSA) is 89.3 Å². The van der Waals surface area contributed by atoms with Gasteiger partial charge in [0.15, 0.2) is 5.82 Å². The maximum atomic E-state index is 14.0. The Balaban J connectivity index is 1.74. The molecule has 1 heterocycles. The van der Waals surface area contributed by atoms with Crippen molar-refractivity contribution in [2.45, 2.75) is 12.3 Å². The molecule has 2 aromatic carbocycles. The lowest BCUT2D eigenvalue weighted by Crippen LogP contribution is -2.33. The second-order valence-electron chi connectivity index (χ2n) is 5.99. The van der Waals surface area contributed by atoms with E-state index in [4.69, 9.17) is 5.11 Å². The summed E-state index contributed by atoms with van der Waals surface area (Å²) in [5, 5.41) is 14.3. The summed E-state index contributed by atoms with van der Waals surface area (Å²) in [6, 6.07) is 9.88. The highest BCUT2D eigenvalue weighted by molar-refractivity contribution is 5.64. The Kier molecular flexibility index (Phi) is 5.58. The maximum absolute atomic E-state index is 14.0. The molecular formula is C18H13F5N4O3. The van der Waals surface area contributed by atoms with Crippen molar-refractivity contribution in [1.82, 2.24) is 20.1 Å². The zero-order chi connectivity index (χ0) is 21.9. The van der Waals surface area contributed by atoms with Gasteiger partial charge in [0, 0.05) is 11.1 Å². The van der Waals surface area contributed by atoms with Gasteiger partial charge in [-0.1, -0.05) is 24.3 Å². The van der Waals surface area contributed by atoms with Crippen LogP contribution in [0.2, 0.25) is 0 Å². The van der Waals surface area contributed by atoms with Crippen LogP contribution in [0.25, 0.3) is 17.1 Å². The second-order valence-corrected chi connectivity index (χ2v) is 5.99. The van der Waals surface area contributed by atoms with Gasteiger partial charge in [-0.3, -0.25) is 0 Å². The van der Waals surface area contributed by atoms with Crippen LogP contribution in [0.15, 0.2) is 54.9 Å². The average Bonchev–Trinajstić information content (AvgIpc) is 3.16. The number of aromatic nitrogens is 3. The molecule has 12 heteroatoms. The van der Waals surface area contributed by atoms with E-state index in [-0.39, 0.29) is 17.1 Å². The molecule has 1 amide bonds. The van der Waals surface area contributed by atoms with E-state index in [1.807, 2.05) is 0 Å². The maximum Gasteiger partial charge on any atom is 0.573 e. The van der Waals surface area contributed by atoms with Crippen LogP contribution in [0.5, 0.6) is 5.75 Å². The van der Waals surface area contributed by atoms with Crippen molar-refractivity contribution in [3.8, 4) is 22.8 Å². The number of alkyl halides is 5. The third-order valence-electron chi connectivity index (χ3n) is 3.85. The van der Waals surface area contributed by atoms with Crippen LogP contribution in [0.3, 0.4) is 0 Å². The molecule has 158 valence electrons. The normalized spacial score (nSPS) is 11.9. The van der Waals surface area contributed by atoms with Crippen LogP contribution in [-0.2, 0) is 5.92 Å². The molecule has 0 bridgehead atoms. The summed E-state index contributed by atoms with van der Waals surface area (Å²) in [5.74, 6) is -3.59. The number of carbonyl (C=O) groups is 1. The molecule has 1 aromatic heterocycles. The fraction of sp³-hybridized carbons (Fsp3) is 0.167. The van der Waals surface area contributed by atoms with Crippen molar-refractivity contribution in [3.63, 3.8) is 0 Å². The van der Waals surface area contributed by atoms with E-state index in [0.717, 1.165) is 24.3 Å². The molecule has 2 N–H and O–H groups in total. The number of carboxylic acid groups (broad SMARTS) is 1. The Morgan fingerprint density at radius 3 is 2.23 bits per heavy atom. The number of hydrogen-bond donors (Lipinski definition) is 2. The lowest BCUT2D eigenvalue weighted by Gasteiger charge is -2.16. The highest BCUT2D eigenvalue weighted by Gasteiger charge is 2.32. The van der Waals surface area contributed by atoms with Gasteiger partial charge in [-0.25, -0.2) is 14.5 Å². The number of amides is 1. The Morgan fingerprint density at radius 1 is 1.03 bits per heavy atom. The summed E-state index contributed by atoms with van der Waals surface area (Å²) >= 11 is 0. The molecule has 30 heavy (non-hydrogen) atoms. The molecule has 0 saturated heterocycles. The van der Waals surface area contributed by atoms with Crippen LogP contribution in [0.4, 0.5) is 26.7 Å². The number of hydrogen-bond acceptors (Lipinski definition) is 4. The molecule has 0 unspecified atom stereocenters. The number of ether oxygens (including phenoxy) is 1. The Bertz CT molecular complexity index is 1020. The standard InChI is InChI=1S/C18H13F5N4O3/c19-17(20,9-24-16(28)29)12-3-1-11(2-4-12)15-25-10-27(26-15)13-5-7-14(8-6-13)30-18(21,22)23/h1-8,10,24H,9H2,(H,28,29). The molecule has 0 saturated carbocycles. The summed E-state index contributed by atoms with van der Waals surface area (Å²) in [6.07, 6.45) is -5.04. The highest BCUT2D eigenvalue weighted by atomic mass is 19.4. The molecule has 7 nitrogen and oxygen atoms in total. The molecule has 0 aliphatic carbocycles. The monoisotopic (exact) mass is 428 g/mol. The van der Waals surface area contributed by atoms with Gasteiger partial charge < -0.3 is 15.2 Å². The minimum Gasteiger partial charge on any atom is -0.465 e. The van der Waals surface area contributed by atoms with Gasteiger partial charge in [0.1, 0.15) is 12.1 Å².